The largest absolute Gasteiger partial charge is 0.342 e. The summed E-state index contributed by atoms with van der Waals surface area (Å²) in [5, 5.41) is 0. The monoisotopic (exact) mass is 318 g/mol. The Bertz CT molecular complexity index is 469. The summed E-state index contributed by atoms with van der Waals surface area (Å²) in [4.78, 5) is 27.4. The van der Waals surface area contributed by atoms with Crippen molar-refractivity contribution >= 4 is 21.7 Å². The summed E-state index contributed by atoms with van der Waals surface area (Å²) in [7, 11) is -1.44. The summed E-state index contributed by atoms with van der Waals surface area (Å²) in [6.07, 6.45) is 2.01. The van der Waals surface area contributed by atoms with Gasteiger partial charge in [-0.3, -0.25) is 9.59 Å². The average Bonchev–Trinajstić information content (AvgIpc) is 2.77. The molecule has 0 aromatic carbocycles. The minimum atomic E-state index is -3.03. The van der Waals surface area contributed by atoms with E-state index >= 15 is 0 Å². The van der Waals surface area contributed by atoms with Crippen molar-refractivity contribution in [2.24, 2.45) is 0 Å². The predicted octanol–water partition coefficient (Wildman–Crippen LogP) is 0.671. The molecule has 122 valence electrons. The zero-order valence-corrected chi connectivity index (χ0v) is 14.0. The molecule has 1 saturated heterocycles. The fourth-order valence-electron chi connectivity index (χ4n) is 2.55. The van der Waals surface area contributed by atoms with Crippen molar-refractivity contribution in [1.29, 1.82) is 0 Å². The number of carbonyl (C=O) groups excluding carboxylic acids is 2. The van der Waals surface area contributed by atoms with E-state index in [2.05, 4.69) is 0 Å². The second-order valence-electron chi connectivity index (χ2n) is 5.62. The van der Waals surface area contributed by atoms with Crippen LogP contribution in [0, 0.1) is 0 Å². The van der Waals surface area contributed by atoms with E-state index in [0.29, 0.717) is 19.5 Å². The molecule has 0 aromatic rings. The Morgan fingerprint density at radius 2 is 1.67 bits per heavy atom. The zero-order valence-electron chi connectivity index (χ0n) is 13.2. The van der Waals surface area contributed by atoms with Crippen LogP contribution >= 0.6 is 0 Å². The van der Waals surface area contributed by atoms with E-state index in [1.807, 2.05) is 13.8 Å². The molecule has 0 aromatic heterocycles. The van der Waals surface area contributed by atoms with Gasteiger partial charge >= 0.3 is 0 Å². The van der Waals surface area contributed by atoms with Crippen LogP contribution in [0.25, 0.3) is 0 Å². The van der Waals surface area contributed by atoms with Gasteiger partial charge in [0.1, 0.15) is 6.42 Å². The Labute approximate surface area is 127 Å². The second-order valence-corrected chi connectivity index (χ2v) is 7.85. The van der Waals surface area contributed by atoms with Crippen molar-refractivity contribution in [2.75, 3.05) is 31.6 Å². The number of sulfone groups is 1. The minimum absolute atomic E-state index is 0.0110. The summed E-state index contributed by atoms with van der Waals surface area (Å²) in [5.41, 5.74) is 0. The van der Waals surface area contributed by atoms with Crippen LogP contribution in [0.4, 0.5) is 0 Å². The molecule has 1 atom stereocenters. The molecule has 1 unspecified atom stereocenters. The summed E-state index contributed by atoms with van der Waals surface area (Å²) < 4.78 is 22.9. The van der Waals surface area contributed by atoms with Crippen molar-refractivity contribution in [2.45, 2.75) is 45.6 Å². The first-order chi connectivity index (χ1) is 9.80. The third-order valence-electron chi connectivity index (χ3n) is 3.79. The predicted molar refractivity (Wildman–Crippen MR) is 81.6 cm³/mol. The van der Waals surface area contributed by atoms with E-state index < -0.39 is 9.84 Å². The van der Waals surface area contributed by atoms with Crippen molar-refractivity contribution in [3.05, 3.63) is 0 Å². The van der Waals surface area contributed by atoms with Gasteiger partial charge in [-0.05, 0) is 19.3 Å². The maximum atomic E-state index is 12.1. The first kappa shape index (κ1) is 17.9. The van der Waals surface area contributed by atoms with Crippen molar-refractivity contribution in [3.8, 4) is 0 Å². The molecule has 1 aliphatic heterocycles. The van der Waals surface area contributed by atoms with Crippen molar-refractivity contribution in [1.82, 2.24) is 9.80 Å². The number of rotatable bonds is 7. The Kier molecular flexibility index (Phi) is 6.64. The summed E-state index contributed by atoms with van der Waals surface area (Å²) in [6.45, 7) is 5.30. The molecule has 0 radical (unpaired) electrons. The normalized spacial score (nSPS) is 20.2. The third kappa shape index (κ3) is 5.30. The van der Waals surface area contributed by atoms with E-state index in [-0.39, 0.29) is 35.8 Å². The highest BCUT2D eigenvalue weighted by molar-refractivity contribution is 7.91. The molecule has 1 aliphatic rings. The second kappa shape index (κ2) is 7.77. The smallest absolute Gasteiger partial charge is 0.232 e. The van der Waals surface area contributed by atoms with Crippen LogP contribution in [-0.4, -0.2) is 67.7 Å². The van der Waals surface area contributed by atoms with E-state index in [9.17, 15) is 18.0 Å². The van der Waals surface area contributed by atoms with Gasteiger partial charge < -0.3 is 9.80 Å². The summed E-state index contributed by atoms with van der Waals surface area (Å²) in [6, 6.07) is -0.291. The van der Waals surface area contributed by atoms with Crippen molar-refractivity contribution < 1.29 is 18.0 Å². The van der Waals surface area contributed by atoms with Crippen molar-refractivity contribution in [3.63, 3.8) is 0 Å². The first-order valence-electron chi connectivity index (χ1n) is 7.54. The van der Waals surface area contributed by atoms with Gasteiger partial charge in [-0.1, -0.05) is 13.8 Å². The lowest BCUT2D eigenvalue weighted by Gasteiger charge is -2.26. The van der Waals surface area contributed by atoms with Gasteiger partial charge in [-0.25, -0.2) is 8.42 Å². The molecular weight excluding hydrogens is 292 g/mol. The van der Waals surface area contributed by atoms with E-state index in [0.717, 1.165) is 12.8 Å². The number of amides is 2. The Hall–Kier alpha value is -1.11. The van der Waals surface area contributed by atoms with Crippen LogP contribution in [0.3, 0.4) is 0 Å². The lowest BCUT2D eigenvalue weighted by Crippen LogP contribution is -2.41. The molecule has 2 amide bonds. The Morgan fingerprint density at radius 3 is 2.10 bits per heavy atom. The van der Waals surface area contributed by atoms with Crippen LogP contribution < -0.4 is 0 Å². The van der Waals surface area contributed by atoms with Crippen LogP contribution in [0.5, 0.6) is 0 Å². The molecular formula is C14H26N2O4S. The highest BCUT2D eigenvalue weighted by Gasteiger charge is 2.33. The zero-order chi connectivity index (χ0) is 16.0. The number of hydrogen-bond acceptors (Lipinski definition) is 4. The molecule has 0 N–H and O–H groups in total. The fraction of sp³-hybridized carbons (Fsp3) is 0.857. The molecule has 7 heteroatoms. The minimum Gasteiger partial charge on any atom is -0.342 e. The van der Waals surface area contributed by atoms with Gasteiger partial charge in [-0.2, -0.15) is 0 Å². The number of nitrogens with zero attached hydrogens (tertiary/aromatic N) is 2. The molecule has 0 spiro atoms. The Morgan fingerprint density at radius 1 is 1.10 bits per heavy atom. The van der Waals surface area contributed by atoms with Crippen LogP contribution in [-0.2, 0) is 19.4 Å². The first-order valence-corrected chi connectivity index (χ1v) is 9.36. The summed E-state index contributed by atoms with van der Waals surface area (Å²) in [5.74, 6) is -0.325. The van der Waals surface area contributed by atoms with Gasteiger partial charge in [0.05, 0.1) is 11.5 Å². The van der Waals surface area contributed by atoms with Gasteiger partial charge in [0, 0.05) is 26.2 Å². The Balaban J connectivity index is 2.57. The number of hydrogen-bond donors (Lipinski definition) is 0. The van der Waals surface area contributed by atoms with Gasteiger partial charge in [-0.15, -0.1) is 0 Å². The maximum absolute atomic E-state index is 12.1. The molecule has 1 rings (SSSR count). The molecule has 21 heavy (non-hydrogen) atoms. The highest BCUT2D eigenvalue weighted by Crippen LogP contribution is 2.17. The third-order valence-corrected chi connectivity index (χ3v) is 5.54. The van der Waals surface area contributed by atoms with E-state index in [4.69, 9.17) is 0 Å². The molecule has 0 bridgehead atoms. The molecule has 6 nitrogen and oxygen atoms in total. The lowest BCUT2D eigenvalue weighted by atomic mass is 10.2. The molecule has 1 fully saturated rings. The summed E-state index contributed by atoms with van der Waals surface area (Å²) >= 11 is 0. The van der Waals surface area contributed by atoms with Crippen LogP contribution in [0.1, 0.15) is 39.5 Å². The van der Waals surface area contributed by atoms with Gasteiger partial charge in [0.25, 0.3) is 0 Å². The quantitative estimate of drug-likeness (QED) is 0.647. The van der Waals surface area contributed by atoms with Gasteiger partial charge in [0.15, 0.2) is 9.84 Å². The average molecular weight is 318 g/mol. The van der Waals surface area contributed by atoms with Crippen LogP contribution in [0.15, 0.2) is 0 Å². The topological polar surface area (TPSA) is 74.8 Å². The van der Waals surface area contributed by atoms with E-state index in [1.165, 1.54) is 4.90 Å². The van der Waals surface area contributed by atoms with Gasteiger partial charge in [0.2, 0.25) is 11.8 Å². The molecule has 0 aliphatic carbocycles. The number of carbonyl (C=O) groups is 2. The molecule has 1 heterocycles. The lowest BCUT2D eigenvalue weighted by molar-refractivity contribution is -0.140. The highest BCUT2D eigenvalue weighted by atomic mass is 32.2. The maximum Gasteiger partial charge on any atom is 0.232 e. The molecule has 0 saturated carbocycles. The van der Waals surface area contributed by atoms with Crippen LogP contribution in [0.2, 0.25) is 0 Å². The standard InChI is InChI=1S/C14H26N2O4S/c1-4-7-16(8-5-2)14(18)10-13(17)15(3)12-6-9-21(19,20)11-12/h12H,4-11H2,1-3H3. The van der Waals surface area contributed by atoms with E-state index in [1.54, 1.807) is 11.9 Å². The fourth-order valence-corrected chi connectivity index (χ4v) is 4.33. The SMILES string of the molecule is CCCN(CCC)C(=O)CC(=O)N(C)C1CCS(=O)(=O)C1.